The second kappa shape index (κ2) is 14.4. The fraction of sp³-hybridized carbons (Fsp3) is 0.689. The fourth-order valence-electron chi connectivity index (χ4n) is 13.0. The van der Waals surface area contributed by atoms with Gasteiger partial charge in [0.2, 0.25) is 5.91 Å². The van der Waals surface area contributed by atoms with Crippen LogP contribution < -0.4 is 10.1 Å². The number of ether oxygens (including phenoxy) is 1. The van der Waals surface area contributed by atoms with Crippen molar-refractivity contribution >= 4 is 11.9 Å². The van der Waals surface area contributed by atoms with E-state index in [1.807, 2.05) is 24.3 Å². The summed E-state index contributed by atoms with van der Waals surface area (Å²) in [5.41, 5.74) is 2.10. The normalized spacial score (nSPS) is 37.1. The summed E-state index contributed by atoms with van der Waals surface area (Å²) in [7, 11) is 0. The van der Waals surface area contributed by atoms with Crippen molar-refractivity contribution in [3.05, 3.63) is 65.2 Å². The van der Waals surface area contributed by atoms with Crippen LogP contribution in [-0.2, 0) is 11.2 Å². The van der Waals surface area contributed by atoms with Gasteiger partial charge in [0.15, 0.2) is 0 Å². The number of nitrogens with one attached hydrogen (secondary N) is 1. The molecule has 4 aliphatic carbocycles. The van der Waals surface area contributed by atoms with E-state index in [9.17, 15) is 19.8 Å². The molecule has 0 spiro atoms. The van der Waals surface area contributed by atoms with E-state index < -0.39 is 12.1 Å². The Labute approximate surface area is 312 Å². The molecule has 0 saturated heterocycles. The minimum Gasteiger partial charge on any atom is -0.491 e. The van der Waals surface area contributed by atoms with Gasteiger partial charge in [0.25, 0.3) is 0 Å². The number of carbonyl (C=O) groups excluding carboxylic acids is 1. The van der Waals surface area contributed by atoms with Crippen LogP contribution >= 0.6 is 0 Å². The van der Waals surface area contributed by atoms with Crippen LogP contribution in [0.5, 0.6) is 5.75 Å². The Hall–Kier alpha value is -2.90. The van der Waals surface area contributed by atoms with Gasteiger partial charge in [0, 0.05) is 6.54 Å². The smallest absolute Gasteiger partial charge is 0.335 e. The molecule has 4 saturated carbocycles. The molecule has 0 radical (unpaired) electrons. The van der Waals surface area contributed by atoms with Gasteiger partial charge in [0.05, 0.1) is 17.1 Å². The van der Waals surface area contributed by atoms with E-state index in [1.54, 1.807) is 12.1 Å². The maximum absolute atomic E-state index is 14.4. The lowest BCUT2D eigenvalue weighted by Gasteiger charge is -2.72. The largest absolute Gasteiger partial charge is 0.491 e. The Balaban J connectivity index is 1.09. The predicted octanol–water partition coefficient (Wildman–Crippen LogP) is 9.01. The molecule has 9 unspecified atom stereocenters. The summed E-state index contributed by atoms with van der Waals surface area (Å²) < 4.78 is 5.92. The third-order valence-corrected chi connectivity index (χ3v) is 16.2. The van der Waals surface area contributed by atoms with Gasteiger partial charge in [-0.25, -0.2) is 4.79 Å². The van der Waals surface area contributed by atoms with Crippen molar-refractivity contribution in [2.75, 3.05) is 13.2 Å². The lowest BCUT2D eigenvalue weighted by atomic mass is 9.32. The van der Waals surface area contributed by atoms with Crippen molar-refractivity contribution in [3.63, 3.8) is 0 Å². The molecule has 0 aromatic heterocycles. The number of hydrogen-bond donors (Lipinski definition) is 4. The average molecular weight is 716 g/mol. The molecule has 7 heteroatoms. The quantitative estimate of drug-likeness (QED) is 0.185. The Morgan fingerprint density at radius 2 is 1.63 bits per heavy atom. The Bertz CT molecular complexity index is 1600. The van der Waals surface area contributed by atoms with E-state index in [4.69, 9.17) is 9.84 Å². The van der Waals surface area contributed by atoms with Gasteiger partial charge in [-0.1, -0.05) is 79.2 Å². The van der Waals surface area contributed by atoms with E-state index in [0.29, 0.717) is 48.0 Å². The number of carboxylic acids is 1. The minimum atomic E-state index is -1.00. The van der Waals surface area contributed by atoms with Crippen LogP contribution in [0.2, 0.25) is 0 Å². The van der Waals surface area contributed by atoms with Gasteiger partial charge in [0.1, 0.15) is 18.5 Å². The first-order valence-corrected chi connectivity index (χ1v) is 20.2. The van der Waals surface area contributed by atoms with Gasteiger partial charge in [-0.05, 0) is 145 Å². The first kappa shape index (κ1) is 38.8. The van der Waals surface area contributed by atoms with Gasteiger partial charge >= 0.3 is 5.97 Å². The van der Waals surface area contributed by atoms with Crippen molar-refractivity contribution in [2.45, 2.75) is 131 Å². The van der Waals surface area contributed by atoms with E-state index in [0.717, 1.165) is 44.1 Å². The molecule has 0 heterocycles. The molecule has 4 N–H and O–H groups in total. The predicted molar refractivity (Wildman–Crippen MR) is 205 cm³/mol. The molecule has 286 valence electrons. The van der Waals surface area contributed by atoms with Gasteiger partial charge in [-0.2, -0.15) is 0 Å². The van der Waals surface area contributed by atoms with Crippen LogP contribution in [0.3, 0.4) is 0 Å². The summed E-state index contributed by atoms with van der Waals surface area (Å²) in [6.45, 7) is 17.7. The van der Waals surface area contributed by atoms with Gasteiger partial charge in [-0.3, -0.25) is 4.79 Å². The molecule has 0 aliphatic heterocycles. The number of carboxylic acid groups (broad SMARTS) is 1. The Morgan fingerprint density at radius 3 is 2.33 bits per heavy atom. The highest BCUT2D eigenvalue weighted by molar-refractivity contribution is 5.87. The number of benzene rings is 2. The zero-order chi connectivity index (χ0) is 37.7. The molecule has 10 atom stereocenters. The molecule has 4 aliphatic rings. The summed E-state index contributed by atoms with van der Waals surface area (Å²) in [5, 5.41) is 34.2. The summed E-state index contributed by atoms with van der Waals surface area (Å²) in [6, 6.07) is 14.0. The van der Waals surface area contributed by atoms with Crippen molar-refractivity contribution in [2.24, 2.45) is 50.7 Å². The molecule has 4 fully saturated rings. The van der Waals surface area contributed by atoms with E-state index in [1.165, 1.54) is 37.8 Å². The Kier molecular flexibility index (Phi) is 10.7. The monoisotopic (exact) mass is 715 g/mol. The van der Waals surface area contributed by atoms with Crippen LogP contribution in [0.25, 0.3) is 0 Å². The zero-order valence-electron chi connectivity index (χ0n) is 32.8. The van der Waals surface area contributed by atoms with Crippen LogP contribution in [0, 0.1) is 50.7 Å². The van der Waals surface area contributed by atoms with Gasteiger partial charge < -0.3 is 25.4 Å². The molecule has 6 rings (SSSR count). The number of hydrogen-bond acceptors (Lipinski definition) is 5. The second-order valence-electron chi connectivity index (χ2n) is 18.6. The third-order valence-electron chi connectivity index (χ3n) is 16.2. The number of aliphatic hydroxyl groups is 2. The molecular formula is C45H65NO6. The van der Waals surface area contributed by atoms with Crippen LogP contribution in [0.15, 0.2) is 48.5 Å². The molecular weight excluding hydrogens is 650 g/mol. The lowest BCUT2D eigenvalue weighted by molar-refractivity contribution is -0.246. The average Bonchev–Trinajstić information content (AvgIpc) is 3.11. The molecule has 52 heavy (non-hydrogen) atoms. The first-order chi connectivity index (χ1) is 24.5. The molecule has 0 bridgehead atoms. The lowest BCUT2D eigenvalue weighted by Crippen LogP contribution is -2.67. The van der Waals surface area contributed by atoms with E-state index in [-0.39, 0.29) is 51.3 Å². The zero-order valence-corrected chi connectivity index (χ0v) is 32.8. The number of fused-ring (bicyclic) bond motifs is 5. The number of carbonyl (C=O) groups is 2. The fourth-order valence-corrected chi connectivity index (χ4v) is 13.0. The van der Waals surface area contributed by atoms with Crippen molar-refractivity contribution in [3.8, 4) is 5.75 Å². The first-order valence-electron chi connectivity index (χ1n) is 20.2. The Morgan fingerprint density at radius 1 is 0.904 bits per heavy atom. The van der Waals surface area contributed by atoms with E-state index >= 15 is 0 Å². The van der Waals surface area contributed by atoms with Gasteiger partial charge in [-0.15, -0.1) is 0 Å². The van der Waals surface area contributed by atoms with Crippen molar-refractivity contribution < 1.29 is 29.6 Å². The van der Waals surface area contributed by atoms with Crippen molar-refractivity contribution in [1.82, 2.24) is 5.32 Å². The third kappa shape index (κ3) is 6.40. The number of amides is 1. The van der Waals surface area contributed by atoms with Crippen LogP contribution in [0.1, 0.15) is 140 Å². The van der Waals surface area contributed by atoms with Crippen LogP contribution in [0.4, 0.5) is 0 Å². The highest BCUT2D eigenvalue weighted by Crippen LogP contribution is 2.75. The molecule has 2 aromatic rings. The number of aromatic carboxylic acids is 1. The maximum atomic E-state index is 14.4. The van der Waals surface area contributed by atoms with Crippen molar-refractivity contribution in [1.29, 1.82) is 0 Å². The number of aliphatic hydroxyl groups excluding tert-OH is 2. The number of rotatable bonds is 11. The summed E-state index contributed by atoms with van der Waals surface area (Å²) in [6.07, 6.45) is 10.4. The van der Waals surface area contributed by atoms with E-state index in [2.05, 4.69) is 53.8 Å². The highest BCUT2D eigenvalue weighted by atomic mass is 16.5. The van der Waals surface area contributed by atoms with Crippen LogP contribution in [-0.4, -0.2) is 46.5 Å². The molecule has 2 aromatic carbocycles. The molecule has 7 nitrogen and oxygen atoms in total. The highest BCUT2D eigenvalue weighted by Gasteiger charge is 2.69. The summed E-state index contributed by atoms with van der Waals surface area (Å²) in [5.74, 6) is 1.89. The topological polar surface area (TPSA) is 116 Å². The maximum Gasteiger partial charge on any atom is 0.335 e. The standard InChI is InChI=1S/C45H65NO6/c1-8-21-45(40(51)46-26-20-30-10-9-11-33(27-30)52-28-35(47)31-12-14-32(15-13-31)39(49)50)25-24-43(6)34(29(45)2)16-17-37-42(5)22-19-38(48)41(3,4)36(42)18-23-44(37,43)7/h9-15,27,29,34-38,47-48H,8,16-26,28H2,1-7H3,(H,46,51)(H,49,50)/t29?,34?,35?,36?,37?,38?,42?,43-,44?,45?/m1/s1. The SMILES string of the molecule is CCCC1(C(=O)NCCc2cccc(OCC(O)c3ccc(C(=O)O)cc3)c2)CC[C@]2(C)C(CCC3C4(C)CCC(O)C(C)(C)C4CCC32C)C1C. The summed E-state index contributed by atoms with van der Waals surface area (Å²) in [4.78, 5) is 25.6. The summed E-state index contributed by atoms with van der Waals surface area (Å²) >= 11 is 0. The molecule has 1 amide bonds. The minimum absolute atomic E-state index is 0.0452. The second-order valence-corrected chi connectivity index (χ2v) is 18.6.